The normalized spacial score (nSPS) is 11.7. The van der Waals surface area contributed by atoms with Crippen LogP contribution in [0.5, 0.6) is 5.75 Å². The Morgan fingerprint density at radius 3 is 2.37 bits per heavy atom. The van der Waals surface area contributed by atoms with Gasteiger partial charge in [-0.1, -0.05) is 47.0 Å². The van der Waals surface area contributed by atoms with Gasteiger partial charge >= 0.3 is 0 Å². The van der Waals surface area contributed by atoms with Gasteiger partial charge < -0.3 is 4.74 Å². The van der Waals surface area contributed by atoms with E-state index in [9.17, 15) is 13.2 Å². The lowest BCUT2D eigenvalue weighted by Gasteiger charge is -2.22. The molecule has 0 radical (unpaired) electrons. The number of nitrogens with one attached hydrogen (secondary N) is 1. The number of rotatable bonds is 10. The van der Waals surface area contributed by atoms with Gasteiger partial charge in [-0.25, -0.2) is 13.8 Å². The number of sulfonamides is 1. The molecule has 0 spiro atoms. The fraction of sp³-hybridized carbons (Fsp3) is 0.200. The Morgan fingerprint density at radius 1 is 1.06 bits per heavy atom. The van der Waals surface area contributed by atoms with Gasteiger partial charge in [0, 0.05) is 16.6 Å². The first-order valence-corrected chi connectivity index (χ1v) is 12.9. The molecule has 1 amide bonds. The monoisotopic (exact) mass is 533 g/mol. The highest BCUT2D eigenvalue weighted by Gasteiger charge is 2.27. The molecule has 1 N–H and O–H groups in total. The first-order chi connectivity index (χ1) is 16.7. The average molecular weight is 534 g/mol. The van der Waals surface area contributed by atoms with Crippen LogP contribution >= 0.6 is 23.2 Å². The van der Waals surface area contributed by atoms with Crippen LogP contribution < -0.4 is 10.2 Å². The Labute approximate surface area is 215 Å². The van der Waals surface area contributed by atoms with Gasteiger partial charge in [0.15, 0.2) is 0 Å². The topological polar surface area (TPSA) is 88.1 Å². The third kappa shape index (κ3) is 7.53. The standard InChI is InChI=1S/C25H25Cl2N3O4S/c1-3-34-22-10-6-19(7-11-22)15-28-29-25(31)17-30(16-20-8-9-21(26)14-24(20)27)35(32,33)23-12-4-18(2)5-13-23/h4-15H,3,16-17H2,1-2H3,(H,29,31)/b28-15-. The van der Waals surface area contributed by atoms with E-state index in [4.69, 9.17) is 27.9 Å². The highest BCUT2D eigenvalue weighted by molar-refractivity contribution is 7.89. The molecule has 0 aromatic heterocycles. The lowest BCUT2D eigenvalue weighted by Crippen LogP contribution is -2.39. The Hall–Kier alpha value is -2.91. The molecule has 10 heteroatoms. The van der Waals surface area contributed by atoms with E-state index in [-0.39, 0.29) is 11.4 Å². The van der Waals surface area contributed by atoms with E-state index in [0.29, 0.717) is 22.2 Å². The molecule has 0 heterocycles. The summed E-state index contributed by atoms with van der Waals surface area (Å²) in [6.07, 6.45) is 1.46. The molecule has 0 saturated carbocycles. The maximum absolute atomic E-state index is 13.4. The molecule has 3 rings (SSSR count). The summed E-state index contributed by atoms with van der Waals surface area (Å²) in [6, 6.07) is 18.3. The van der Waals surface area contributed by atoms with Crippen molar-refractivity contribution in [3.63, 3.8) is 0 Å². The fourth-order valence-corrected chi connectivity index (χ4v) is 4.96. The van der Waals surface area contributed by atoms with E-state index in [1.807, 2.05) is 13.8 Å². The van der Waals surface area contributed by atoms with Gasteiger partial charge in [-0.3, -0.25) is 4.79 Å². The molecule has 0 aliphatic heterocycles. The predicted octanol–water partition coefficient (Wildman–Crippen LogP) is 5.04. The third-order valence-electron chi connectivity index (χ3n) is 4.93. The molecule has 35 heavy (non-hydrogen) atoms. The van der Waals surface area contributed by atoms with Crippen LogP contribution in [0.2, 0.25) is 10.0 Å². The van der Waals surface area contributed by atoms with Crippen molar-refractivity contribution in [2.24, 2.45) is 5.10 Å². The van der Waals surface area contributed by atoms with Gasteiger partial charge in [-0.2, -0.15) is 9.41 Å². The molecule has 7 nitrogen and oxygen atoms in total. The maximum Gasteiger partial charge on any atom is 0.255 e. The number of nitrogens with zero attached hydrogens (tertiary/aromatic N) is 2. The summed E-state index contributed by atoms with van der Waals surface area (Å²) < 4.78 is 33.2. The number of carbonyl (C=O) groups is 1. The number of amides is 1. The lowest BCUT2D eigenvalue weighted by molar-refractivity contribution is -0.121. The Balaban J connectivity index is 1.77. The molecular weight excluding hydrogens is 509 g/mol. The average Bonchev–Trinajstić information content (AvgIpc) is 2.82. The number of hydrogen-bond donors (Lipinski definition) is 1. The SMILES string of the molecule is CCOc1ccc(/C=N\NC(=O)CN(Cc2ccc(Cl)cc2Cl)S(=O)(=O)c2ccc(C)cc2)cc1. The van der Waals surface area contributed by atoms with Crippen molar-refractivity contribution < 1.29 is 17.9 Å². The van der Waals surface area contributed by atoms with E-state index in [1.165, 1.54) is 24.4 Å². The van der Waals surface area contributed by atoms with Crippen LogP contribution in [0.25, 0.3) is 0 Å². The molecule has 184 valence electrons. The first kappa shape index (κ1) is 26.7. The van der Waals surface area contributed by atoms with E-state index < -0.39 is 22.5 Å². The second-order valence-electron chi connectivity index (χ2n) is 7.62. The van der Waals surface area contributed by atoms with Crippen molar-refractivity contribution >= 4 is 45.3 Å². The van der Waals surface area contributed by atoms with Crippen LogP contribution in [0.1, 0.15) is 23.6 Å². The minimum Gasteiger partial charge on any atom is -0.494 e. The minimum absolute atomic E-state index is 0.0684. The molecular formula is C25H25Cl2N3O4S. The molecule has 0 aliphatic rings. The summed E-state index contributed by atoms with van der Waals surface area (Å²) in [5.41, 5.74) is 4.55. The summed E-state index contributed by atoms with van der Waals surface area (Å²) in [6.45, 7) is 3.73. The van der Waals surface area contributed by atoms with Crippen LogP contribution in [-0.2, 0) is 21.4 Å². The second kappa shape index (κ2) is 12.2. The molecule has 3 aromatic rings. The van der Waals surface area contributed by atoms with Gasteiger partial charge in [0.1, 0.15) is 5.75 Å². The number of ether oxygens (including phenoxy) is 1. The zero-order valence-electron chi connectivity index (χ0n) is 19.2. The Bertz CT molecular complexity index is 1300. The first-order valence-electron chi connectivity index (χ1n) is 10.7. The summed E-state index contributed by atoms with van der Waals surface area (Å²) in [4.78, 5) is 12.7. The number of hydrazone groups is 1. The molecule has 0 atom stereocenters. The van der Waals surface area contributed by atoms with E-state index in [0.717, 1.165) is 21.2 Å². The minimum atomic E-state index is -4.01. The molecule has 0 unspecified atom stereocenters. The van der Waals surface area contributed by atoms with Crippen LogP contribution in [0.4, 0.5) is 0 Å². The number of benzene rings is 3. The number of carbonyl (C=O) groups excluding carboxylic acids is 1. The predicted molar refractivity (Wildman–Crippen MR) is 139 cm³/mol. The third-order valence-corrected chi connectivity index (χ3v) is 7.33. The Kier molecular flexibility index (Phi) is 9.28. The van der Waals surface area contributed by atoms with Gasteiger partial charge in [-0.05, 0) is 73.5 Å². The van der Waals surface area contributed by atoms with Crippen molar-refractivity contribution in [2.45, 2.75) is 25.3 Å². The van der Waals surface area contributed by atoms with Crippen molar-refractivity contribution in [1.82, 2.24) is 9.73 Å². The summed E-state index contributed by atoms with van der Waals surface area (Å²) in [5, 5.41) is 4.67. The number of halogens is 2. The number of hydrogen-bond acceptors (Lipinski definition) is 5. The molecule has 0 saturated heterocycles. The molecule has 0 bridgehead atoms. The molecule has 3 aromatic carbocycles. The maximum atomic E-state index is 13.4. The van der Waals surface area contributed by atoms with Crippen molar-refractivity contribution in [3.8, 4) is 5.75 Å². The van der Waals surface area contributed by atoms with E-state index in [1.54, 1.807) is 48.5 Å². The van der Waals surface area contributed by atoms with Crippen LogP contribution in [0.3, 0.4) is 0 Å². The zero-order chi connectivity index (χ0) is 25.4. The largest absolute Gasteiger partial charge is 0.494 e. The second-order valence-corrected chi connectivity index (χ2v) is 10.4. The van der Waals surface area contributed by atoms with E-state index in [2.05, 4.69) is 10.5 Å². The summed E-state index contributed by atoms with van der Waals surface area (Å²) >= 11 is 12.2. The van der Waals surface area contributed by atoms with Gasteiger partial charge in [0.05, 0.1) is 24.3 Å². The highest BCUT2D eigenvalue weighted by atomic mass is 35.5. The van der Waals surface area contributed by atoms with Gasteiger partial charge in [-0.15, -0.1) is 0 Å². The highest BCUT2D eigenvalue weighted by Crippen LogP contribution is 2.25. The quantitative estimate of drug-likeness (QED) is 0.292. The van der Waals surface area contributed by atoms with Gasteiger partial charge in [0.25, 0.3) is 5.91 Å². The van der Waals surface area contributed by atoms with Crippen molar-refractivity contribution in [1.29, 1.82) is 0 Å². The van der Waals surface area contributed by atoms with Crippen molar-refractivity contribution in [2.75, 3.05) is 13.2 Å². The smallest absolute Gasteiger partial charge is 0.255 e. The Morgan fingerprint density at radius 2 is 1.74 bits per heavy atom. The van der Waals surface area contributed by atoms with Crippen LogP contribution in [-0.4, -0.2) is 38.0 Å². The van der Waals surface area contributed by atoms with Crippen LogP contribution in [0, 0.1) is 6.92 Å². The van der Waals surface area contributed by atoms with Gasteiger partial charge in [0.2, 0.25) is 10.0 Å². The fourth-order valence-electron chi connectivity index (χ4n) is 3.12. The zero-order valence-corrected chi connectivity index (χ0v) is 21.6. The molecule has 0 aliphatic carbocycles. The summed E-state index contributed by atoms with van der Waals surface area (Å²) in [5.74, 6) is 0.124. The summed E-state index contributed by atoms with van der Waals surface area (Å²) in [7, 11) is -4.01. The van der Waals surface area contributed by atoms with Crippen LogP contribution in [0.15, 0.2) is 76.7 Å². The lowest BCUT2D eigenvalue weighted by atomic mass is 10.2. The number of aryl methyl sites for hydroxylation is 1. The van der Waals surface area contributed by atoms with Crippen molar-refractivity contribution in [3.05, 3.63) is 93.5 Å². The molecule has 0 fully saturated rings. The van der Waals surface area contributed by atoms with E-state index >= 15 is 0 Å².